The molecular weight excluding hydrogens is 214 g/mol. The highest BCUT2D eigenvalue weighted by Crippen LogP contribution is 2.36. The molecule has 2 heterocycles. The van der Waals surface area contributed by atoms with Gasteiger partial charge in [0.25, 0.3) is 5.69 Å². The lowest BCUT2D eigenvalue weighted by molar-refractivity contribution is -0.379. The van der Waals surface area contributed by atoms with Crippen molar-refractivity contribution in [3.05, 3.63) is 53.1 Å². The molecule has 3 heteroatoms. The smallest absolute Gasteiger partial charge is 0.271 e. The molecule has 1 aliphatic rings. The van der Waals surface area contributed by atoms with Crippen LogP contribution in [0.3, 0.4) is 0 Å². The average Bonchev–Trinajstić information content (AvgIpc) is 2.88. The molecule has 0 aliphatic carbocycles. The highest BCUT2D eigenvalue weighted by molar-refractivity contribution is 6.06. The lowest BCUT2D eigenvalue weighted by atomic mass is 10.1. The first-order chi connectivity index (χ1) is 8.33. The van der Waals surface area contributed by atoms with Crippen LogP contribution < -0.4 is 0 Å². The Morgan fingerprint density at radius 3 is 2.82 bits per heavy atom. The van der Waals surface area contributed by atoms with Crippen molar-refractivity contribution in [1.82, 2.24) is 0 Å². The van der Waals surface area contributed by atoms with Gasteiger partial charge < -0.3 is 4.42 Å². The van der Waals surface area contributed by atoms with E-state index in [1.807, 2.05) is 36.4 Å². The lowest BCUT2D eigenvalue weighted by Crippen LogP contribution is -1.85. The SMILES string of the molecule is O=[N+]1C=Cc2cc3oc4ccccc4c3cc21. The van der Waals surface area contributed by atoms with E-state index in [1.54, 1.807) is 6.08 Å². The van der Waals surface area contributed by atoms with Crippen LogP contribution in [-0.2, 0) is 0 Å². The van der Waals surface area contributed by atoms with Crippen molar-refractivity contribution in [1.29, 1.82) is 0 Å². The van der Waals surface area contributed by atoms with Crippen molar-refractivity contribution >= 4 is 33.7 Å². The van der Waals surface area contributed by atoms with Crippen molar-refractivity contribution < 1.29 is 9.18 Å². The number of hydrogen-bond acceptors (Lipinski definition) is 2. The summed E-state index contributed by atoms with van der Waals surface area (Å²) in [6.07, 6.45) is 3.32. The molecular formula is C14H8NO2+. The molecule has 0 saturated heterocycles. The van der Waals surface area contributed by atoms with E-state index in [0.717, 1.165) is 32.3 Å². The summed E-state index contributed by atoms with van der Waals surface area (Å²) in [6, 6.07) is 11.7. The molecule has 4 rings (SSSR count). The second kappa shape index (κ2) is 2.83. The molecule has 1 aromatic heterocycles. The first-order valence-electron chi connectivity index (χ1n) is 5.43. The Hall–Kier alpha value is -2.42. The van der Waals surface area contributed by atoms with Crippen LogP contribution in [-0.4, -0.2) is 4.76 Å². The Balaban J connectivity index is 2.21. The van der Waals surface area contributed by atoms with E-state index in [9.17, 15) is 4.91 Å². The quantitative estimate of drug-likeness (QED) is 0.539. The molecule has 0 bridgehead atoms. The normalized spacial score (nSPS) is 13.8. The fourth-order valence-electron chi connectivity index (χ4n) is 2.33. The Kier molecular flexibility index (Phi) is 1.45. The van der Waals surface area contributed by atoms with Crippen LogP contribution in [0.4, 0.5) is 5.69 Å². The number of hydrogen-bond donors (Lipinski definition) is 0. The van der Waals surface area contributed by atoms with E-state index in [2.05, 4.69) is 0 Å². The first-order valence-corrected chi connectivity index (χ1v) is 5.43. The summed E-state index contributed by atoms with van der Waals surface area (Å²) in [5, 5.41) is 2.04. The Morgan fingerprint density at radius 2 is 1.88 bits per heavy atom. The van der Waals surface area contributed by atoms with Crippen LogP contribution in [0.5, 0.6) is 0 Å². The van der Waals surface area contributed by atoms with Crippen LogP contribution in [0.2, 0.25) is 0 Å². The van der Waals surface area contributed by atoms with Gasteiger partial charge in [0.05, 0.1) is 10.3 Å². The topological polar surface area (TPSA) is 33.2 Å². The number of fused-ring (bicyclic) bond motifs is 4. The molecule has 3 aromatic rings. The number of nitrogens with zero attached hydrogens (tertiary/aromatic N) is 1. The Bertz CT molecular complexity index is 812. The number of rotatable bonds is 0. The molecule has 0 fully saturated rings. The summed E-state index contributed by atoms with van der Waals surface area (Å²) in [5.41, 5.74) is 3.27. The second-order valence-corrected chi connectivity index (χ2v) is 4.15. The molecule has 3 nitrogen and oxygen atoms in total. The molecule has 0 amide bonds. The molecule has 0 spiro atoms. The minimum atomic E-state index is 0.684. The molecule has 0 N–H and O–H groups in total. The summed E-state index contributed by atoms with van der Waals surface area (Å²) in [6.45, 7) is 0. The molecule has 80 valence electrons. The minimum Gasteiger partial charge on any atom is -0.456 e. The van der Waals surface area contributed by atoms with Crippen LogP contribution in [0.15, 0.2) is 47.0 Å². The zero-order chi connectivity index (χ0) is 11.4. The third-order valence-electron chi connectivity index (χ3n) is 3.15. The second-order valence-electron chi connectivity index (χ2n) is 4.15. The molecule has 0 saturated carbocycles. The van der Waals surface area contributed by atoms with Crippen LogP contribution in [0.25, 0.3) is 28.0 Å². The zero-order valence-electron chi connectivity index (χ0n) is 8.88. The van der Waals surface area contributed by atoms with E-state index in [4.69, 9.17) is 4.42 Å². The van der Waals surface area contributed by atoms with Gasteiger partial charge in [-0.25, -0.2) is 0 Å². The summed E-state index contributed by atoms with van der Waals surface area (Å²) < 4.78 is 6.64. The van der Waals surface area contributed by atoms with Crippen molar-refractivity contribution in [2.45, 2.75) is 0 Å². The third kappa shape index (κ3) is 1.05. The Labute approximate surface area is 96.5 Å². The summed E-state index contributed by atoms with van der Waals surface area (Å²) in [5.74, 6) is 0. The van der Waals surface area contributed by atoms with Gasteiger partial charge in [0.1, 0.15) is 11.2 Å². The minimum absolute atomic E-state index is 0.684. The van der Waals surface area contributed by atoms with Gasteiger partial charge in [-0.3, -0.25) is 0 Å². The number of para-hydroxylation sites is 1. The largest absolute Gasteiger partial charge is 0.456 e. The maximum absolute atomic E-state index is 11.6. The van der Waals surface area contributed by atoms with Gasteiger partial charge >= 0.3 is 0 Å². The number of benzene rings is 2. The summed E-state index contributed by atoms with van der Waals surface area (Å²) >= 11 is 0. The van der Waals surface area contributed by atoms with Gasteiger partial charge in [0.2, 0.25) is 6.20 Å². The first kappa shape index (κ1) is 8.70. The predicted octanol–water partition coefficient (Wildman–Crippen LogP) is 3.98. The molecule has 1 aliphatic heterocycles. The summed E-state index contributed by atoms with van der Waals surface area (Å²) in [4.78, 5) is 11.6. The van der Waals surface area contributed by atoms with Crippen molar-refractivity contribution in [2.24, 2.45) is 0 Å². The van der Waals surface area contributed by atoms with Gasteiger partial charge in [-0.1, -0.05) is 18.2 Å². The highest BCUT2D eigenvalue weighted by atomic mass is 16.3. The van der Waals surface area contributed by atoms with Crippen LogP contribution >= 0.6 is 0 Å². The summed E-state index contributed by atoms with van der Waals surface area (Å²) in [7, 11) is 0. The number of nitroso groups, excluding NO2 is 1. The van der Waals surface area contributed by atoms with E-state index < -0.39 is 0 Å². The van der Waals surface area contributed by atoms with Crippen LogP contribution in [0, 0.1) is 4.91 Å². The maximum Gasteiger partial charge on any atom is 0.271 e. The third-order valence-corrected chi connectivity index (χ3v) is 3.15. The van der Waals surface area contributed by atoms with Gasteiger partial charge in [-0.15, -0.1) is 0 Å². The fourth-order valence-corrected chi connectivity index (χ4v) is 2.33. The fraction of sp³-hybridized carbons (Fsp3) is 0. The van der Waals surface area contributed by atoms with Crippen molar-refractivity contribution in [2.75, 3.05) is 0 Å². The van der Waals surface area contributed by atoms with Crippen molar-refractivity contribution in [3.63, 3.8) is 0 Å². The zero-order valence-corrected chi connectivity index (χ0v) is 8.88. The van der Waals surface area contributed by atoms with E-state index in [1.165, 1.54) is 6.20 Å². The van der Waals surface area contributed by atoms with Crippen molar-refractivity contribution in [3.8, 4) is 0 Å². The van der Waals surface area contributed by atoms with E-state index in [-0.39, 0.29) is 0 Å². The molecule has 0 unspecified atom stereocenters. The molecule has 17 heavy (non-hydrogen) atoms. The molecule has 0 atom stereocenters. The van der Waals surface area contributed by atoms with Gasteiger partial charge in [0.15, 0.2) is 0 Å². The van der Waals surface area contributed by atoms with Gasteiger partial charge in [-0.2, -0.15) is 0 Å². The Morgan fingerprint density at radius 1 is 1.00 bits per heavy atom. The number of furan rings is 1. The molecule has 2 aromatic carbocycles. The highest BCUT2D eigenvalue weighted by Gasteiger charge is 2.24. The van der Waals surface area contributed by atoms with Gasteiger partial charge in [0, 0.05) is 27.8 Å². The van der Waals surface area contributed by atoms with E-state index in [0.29, 0.717) is 5.69 Å². The lowest BCUT2D eigenvalue weighted by Gasteiger charge is -1.90. The van der Waals surface area contributed by atoms with Crippen LogP contribution in [0.1, 0.15) is 5.56 Å². The average molecular weight is 222 g/mol. The van der Waals surface area contributed by atoms with Gasteiger partial charge in [-0.05, 0) is 12.1 Å². The maximum atomic E-state index is 11.6. The standard InChI is InChI=1S/C14H8NO2/c16-15-6-5-9-7-14-11(8-12(9)15)10-3-1-2-4-13(10)17-14/h1-8H/q+1. The van der Waals surface area contributed by atoms with E-state index >= 15 is 0 Å². The predicted molar refractivity (Wildman–Crippen MR) is 66.0 cm³/mol. The monoisotopic (exact) mass is 222 g/mol. The molecule has 0 radical (unpaired) electrons.